The third kappa shape index (κ3) is 3.20. The number of nitrogens with one attached hydrogen (secondary N) is 1. The maximum absolute atomic E-state index is 12.0. The highest BCUT2D eigenvalue weighted by Gasteiger charge is 2.31. The molecule has 1 aliphatic carbocycles. The van der Waals surface area contributed by atoms with Gasteiger partial charge in [0.05, 0.1) is 12.2 Å². The molecule has 5 nitrogen and oxygen atoms in total. The van der Waals surface area contributed by atoms with E-state index in [1.54, 1.807) is 6.07 Å². The summed E-state index contributed by atoms with van der Waals surface area (Å²) < 4.78 is 5.01. The maximum atomic E-state index is 12.0. The number of aryl methyl sites for hydroxylation is 1. The zero-order valence-electron chi connectivity index (χ0n) is 12.1. The molecule has 2 atom stereocenters. The van der Waals surface area contributed by atoms with Gasteiger partial charge in [-0.1, -0.05) is 24.4 Å². The Morgan fingerprint density at radius 2 is 2.20 bits per heavy atom. The number of piperidine rings is 1. The number of hydrogen-bond acceptors (Lipinski definition) is 4. The van der Waals surface area contributed by atoms with Crippen molar-refractivity contribution in [2.24, 2.45) is 11.8 Å². The largest absolute Gasteiger partial charge is 0.338 e. The van der Waals surface area contributed by atoms with Gasteiger partial charge in [-0.25, -0.2) is 0 Å². The Morgan fingerprint density at radius 3 is 2.95 bits per heavy atom. The Balaban J connectivity index is 1.49. The molecule has 0 radical (unpaired) electrons. The number of hydrogen-bond donors (Lipinski definition) is 1. The maximum Gasteiger partial charge on any atom is 0.240 e. The summed E-state index contributed by atoms with van der Waals surface area (Å²) in [6, 6.07) is 1.74. The molecule has 0 spiro atoms. The first kappa shape index (κ1) is 13.6. The molecule has 110 valence electrons. The van der Waals surface area contributed by atoms with Crippen LogP contribution >= 0.6 is 0 Å². The minimum atomic E-state index is -0.00425. The van der Waals surface area contributed by atoms with Crippen LogP contribution in [0.1, 0.15) is 37.8 Å². The molecule has 0 bridgehead atoms. The normalized spacial score (nSPS) is 27.1. The van der Waals surface area contributed by atoms with Crippen molar-refractivity contribution in [2.75, 3.05) is 25.0 Å². The molecule has 0 aromatic carbocycles. The summed E-state index contributed by atoms with van der Waals surface area (Å²) in [4.78, 5) is 14.3. The number of carbonyl (C=O) groups excluding carboxylic acids is 1. The van der Waals surface area contributed by atoms with Gasteiger partial charge in [0.15, 0.2) is 0 Å². The van der Waals surface area contributed by atoms with Crippen LogP contribution in [0.5, 0.6) is 0 Å². The lowest BCUT2D eigenvalue weighted by Crippen LogP contribution is -2.44. The lowest BCUT2D eigenvalue weighted by molar-refractivity contribution is -0.118. The molecular weight excluding hydrogens is 254 g/mol. The average molecular weight is 277 g/mol. The molecule has 1 saturated heterocycles. The summed E-state index contributed by atoms with van der Waals surface area (Å²) in [6.07, 6.45) is 6.73. The van der Waals surface area contributed by atoms with Crippen LogP contribution in [0, 0.1) is 18.8 Å². The topological polar surface area (TPSA) is 58.4 Å². The van der Waals surface area contributed by atoms with Gasteiger partial charge in [0, 0.05) is 12.6 Å². The highest BCUT2D eigenvalue weighted by molar-refractivity contribution is 5.90. The van der Waals surface area contributed by atoms with Gasteiger partial charge in [-0.2, -0.15) is 0 Å². The zero-order valence-corrected chi connectivity index (χ0v) is 12.1. The van der Waals surface area contributed by atoms with Crippen molar-refractivity contribution in [1.29, 1.82) is 0 Å². The molecule has 1 aliphatic heterocycles. The Labute approximate surface area is 119 Å². The van der Waals surface area contributed by atoms with Crippen molar-refractivity contribution in [1.82, 2.24) is 10.1 Å². The van der Waals surface area contributed by atoms with E-state index < -0.39 is 0 Å². The molecule has 0 unspecified atom stereocenters. The Kier molecular flexibility index (Phi) is 4.05. The molecule has 2 heterocycles. The number of rotatable bonds is 3. The van der Waals surface area contributed by atoms with Gasteiger partial charge in [-0.15, -0.1) is 0 Å². The zero-order chi connectivity index (χ0) is 13.9. The van der Waals surface area contributed by atoms with Crippen molar-refractivity contribution in [3.05, 3.63) is 11.8 Å². The van der Waals surface area contributed by atoms with Crippen LogP contribution in [-0.4, -0.2) is 35.6 Å². The van der Waals surface area contributed by atoms with Crippen molar-refractivity contribution in [2.45, 2.75) is 39.0 Å². The van der Waals surface area contributed by atoms with Gasteiger partial charge in [-0.3, -0.25) is 15.0 Å². The SMILES string of the molecule is Cc1cc(NC(=O)CN2CC[C@H]3CCCC[C@H]3C2)on1. The molecule has 1 aromatic rings. The van der Waals surface area contributed by atoms with Crippen molar-refractivity contribution >= 4 is 11.8 Å². The minimum Gasteiger partial charge on any atom is -0.338 e. The number of anilines is 1. The molecule has 2 fully saturated rings. The van der Waals surface area contributed by atoms with E-state index in [0.717, 1.165) is 30.6 Å². The average Bonchev–Trinajstić information content (AvgIpc) is 2.83. The molecule has 1 aromatic heterocycles. The summed E-state index contributed by atoms with van der Waals surface area (Å²) in [5.41, 5.74) is 0.781. The van der Waals surface area contributed by atoms with E-state index in [1.165, 1.54) is 32.1 Å². The smallest absolute Gasteiger partial charge is 0.240 e. The van der Waals surface area contributed by atoms with Gasteiger partial charge in [-0.05, 0) is 38.1 Å². The second-order valence-corrected chi connectivity index (χ2v) is 6.21. The molecule has 1 amide bonds. The molecule has 1 N–H and O–H groups in total. The Morgan fingerprint density at radius 1 is 1.40 bits per heavy atom. The molecule has 5 heteroatoms. The number of amides is 1. The number of fused-ring (bicyclic) bond motifs is 1. The van der Waals surface area contributed by atoms with E-state index >= 15 is 0 Å². The first-order chi connectivity index (χ1) is 9.70. The second kappa shape index (κ2) is 5.95. The quantitative estimate of drug-likeness (QED) is 0.922. The molecular formula is C15H23N3O2. The standard InChI is InChI=1S/C15H23N3O2/c1-11-8-15(20-17-11)16-14(19)10-18-7-6-12-4-2-3-5-13(12)9-18/h8,12-13H,2-7,9-10H2,1H3,(H,16,19)/t12-,13+/m1/s1. The molecule has 2 aliphatic rings. The lowest BCUT2D eigenvalue weighted by Gasteiger charge is -2.40. The van der Waals surface area contributed by atoms with E-state index in [4.69, 9.17) is 4.52 Å². The summed E-state index contributed by atoms with van der Waals surface area (Å²) >= 11 is 0. The molecule has 1 saturated carbocycles. The number of aromatic nitrogens is 1. The van der Waals surface area contributed by atoms with Crippen LogP contribution in [0.15, 0.2) is 10.6 Å². The fraction of sp³-hybridized carbons (Fsp3) is 0.733. The summed E-state index contributed by atoms with van der Waals surface area (Å²) in [6.45, 7) is 4.42. The number of carbonyl (C=O) groups is 1. The number of likely N-dealkylation sites (tertiary alicyclic amines) is 1. The van der Waals surface area contributed by atoms with Crippen LogP contribution in [0.4, 0.5) is 5.88 Å². The van der Waals surface area contributed by atoms with Crippen LogP contribution in [-0.2, 0) is 4.79 Å². The minimum absolute atomic E-state index is 0.00425. The van der Waals surface area contributed by atoms with Gasteiger partial charge in [0.2, 0.25) is 11.8 Å². The van der Waals surface area contributed by atoms with Gasteiger partial charge < -0.3 is 4.52 Å². The lowest BCUT2D eigenvalue weighted by atomic mass is 9.75. The van der Waals surface area contributed by atoms with Crippen LogP contribution in [0.2, 0.25) is 0 Å². The monoisotopic (exact) mass is 277 g/mol. The van der Waals surface area contributed by atoms with E-state index in [1.807, 2.05) is 6.92 Å². The van der Waals surface area contributed by atoms with Gasteiger partial charge >= 0.3 is 0 Å². The highest BCUT2D eigenvalue weighted by Crippen LogP contribution is 2.35. The van der Waals surface area contributed by atoms with Gasteiger partial charge in [0.25, 0.3) is 0 Å². The summed E-state index contributed by atoms with van der Waals surface area (Å²) in [5, 5.41) is 6.54. The van der Waals surface area contributed by atoms with E-state index in [9.17, 15) is 4.79 Å². The van der Waals surface area contributed by atoms with Gasteiger partial charge in [0.1, 0.15) is 0 Å². The summed E-state index contributed by atoms with van der Waals surface area (Å²) in [7, 11) is 0. The van der Waals surface area contributed by atoms with E-state index in [2.05, 4.69) is 15.4 Å². The van der Waals surface area contributed by atoms with Crippen molar-refractivity contribution < 1.29 is 9.32 Å². The predicted octanol–water partition coefficient (Wildman–Crippen LogP) is 2.43. The van der Waals surface area contributed by atoms with Crippen LogP contribution in [0.25, 0.3) is 0 Å². The fourth-order valence-corrected chi connectivity index (χ4v) is 3.62. The third-order valence-corrected chi connectivity index (χ3v) is 4.63. The Hall–Kier alpha value is -1.36. The second-order valence-electron chi connectivity index (χ2n) is 6.21. The first-order valence-electron chi connectivity index (χ1n) is 7.66. The summed E-state index contributed by atoms with van der Waals surface area (Å²) in [5.74, 6) is 2.15. The Bertz CT molecular complexity index is 471. The number of nitrogens with zero attached hydrogens (tertiary/aromatic N) is 2. The third-order valence-electron chi connectivity index (χ3n) is 4.63. The predicted molar refractivity (Wildman–Crippen MR) is 76.4 cm³/mol. The molecule has 3 rings (SSSR count). The van der Waals surface area contributed by atoms with Crippen molar-refractivity contribution in [3.8, 4) is 0 Å². The van der Waals surface area contributed by atoms with Crippen LogP contribution < -0.4 is 5.32 Å². The van der Waals surface area contributed by atoms with E-state index in [-0.39, 0.29) is 5.91 Å². The van der Waals surface area contributed by atoms with Crippen molar-refractivity contribution in [3.63, 3.8) is 0 Å². The first-order valence-corrected chi connectivity index (χ1v) is 7.66. The molecule has 20 heavy (non-hydrogen) atoms. The van der Waals surface area contributed by atoms with Crippen LogP contribution in [0.3, 0.4) is 0 Å². The van der Waals surface area contributed by atoms with E-state index in [0.29, 0.717) is 12.4 Å². The highest BCUT2D eigenvalue weighted by atomic mass is 16.5. The fourth-order valence-electron chi connectivity index (χ4n) is 3.62.